The molecule has 1 aliphatic heterocycles. The molecule has 0 aliphatic carbocycles. The quantitative estimate of drug-likeness (QED) is 0.514. The van der Waals surface area contributed by atoms with E-state index in [4.69, 9.17) is 4.74 Å². The molecule has 3 aromatic rings. The van der Waals surface area contributed by atoms with E-state index in [0.717, 1.165) is 14.7 Å². The molecule has 1 aliphatic rings. The SMILES string of the molecule is O=C1c2ccccc2OC(c2ccc(I)cc2)C1c1ccccc1. The molecular formula is C21H15IO2. The number of halogens is 1. The van der Waals surface area contributed by atoms with E-state index in [0.29, 0.717) is 11.3 Å². The second-order valence-corrected chi connectivity index (χ2v) is 7.08. The van der Waals surface area contributed by atoms with Gasteiger partial charge in [0.1, 0.15) is 11.9 Å². The smallest absolute Gasteiger partial charge is 0.178 e. The highest BCUT2D eigenvalue weighted by atomic mass is 127. The second-order valence-electron chi connectivity index (χ2n) is 5.84. The predicted molar refractivity (Wildman–Crippen MR) is 102 cm³/mol. The average Bonchev–Trinajstić information content (AvgIpc) is 2.63. The Bertz CT molecular complexity index is 872. The Kier molecular flexibility index (Phi) is 4.10. The highest BCUT2D eigenvalue weighted by Crippen LogP contribution is 2.43. The molecule has 2 unspecified atom stereocenters. The van der Waals surface area contributed by atoms with Gasteiger partial charge in [-0.3, -0.25) is 4.79 Å². The van der Waals surface area contributed by atoms with Crippen LogP contribution in [0.1, 0.15) is 33.5 Å². The number of fused-ring (bicyclic) bond motifs is 1. The first kappa shape index (κ1) is 15.4. The number of rotatable bonds is 2. The molecule has 4 rings (SSSR count). The van der Waals surface area contributed by atoms with Gasteiger partial charge in [0.15, 0.2) is 5.78 Å². The molecule has 0 saturated heterocycles. The molecule has 118 valence electrons. The number of ketones is 1. The second kappa shape index (κ2) is 6.40. The van der Waals surface area contributed by atoms with Gasteiger partial charge in [0.25, 0.3) is 0 Å². The first-order chi connectivity index (χ1) is 11.7. The zero-order chi connectivity index (χ0) is 16.5. The van der Waals surface area contributed by atoms with Crippen molar-refractivity contribution >= 4 is 28.4 Å². The van der Waals surface area contributed by atoms with Crippen LogP contribution in [-0.2, 0) is 0 Å². The first-order valence-corrected chi connectivity index (χ1v) is 8.92. The summed E-state index contributed by atoms with van der Waals surface area (Å²) < 4.78 is 7.43. The van der Waals surface area contributed by atoms with Crippen LogP contribution in [-0.4, -0.2) is 5.78 Å². The van der Waals surface area contributed by atoms with E-state index in [9.17, 15) is 4.79 Å². The van der Waals surface area contributed by atoms with E-state index in [-0.39, 0.29) is 17.8 Å². The van der Waals surface area contributed by atoms with Crippen LogP contribution >= 0.6 is 22.6 Å². The van der Waals surface area contributed by atoms with E-state index in [1.165, 1.54) is 0 Å². The van der Waals surface area contributed by atoms with Crippen molar-refractivity contribution in [2.75, 3.05) is 0 Å². The zero-order valence-electron chi connectivity index (χ0n) is 12.9. The third kappa shape index (κ3) is 2.73. The van der Waals surface area contributed by atoms with Gasteiger partial charge in [-0.25, -0.2) is 0 Å². The van der Waals surface area contributed by atoms with Crippen LogP contribution in [0.4, 0.5) is 0 Å². The van der Waals surface area contributed by atoms with Gasteiger partial charge in [-0.1, -0.05) is 54.6 Å². The molecule has 0 N–H and O–H groups in total. The summed E-state index contributed by atoms with van der Waals surface area (Å²) in [5, 5.41) is 0. The van der Waals surface area contributed by atoms with Gasteiger partial charge in [-0.15, -0.1) is 0 Å². The number of Topliss-reactive ketones (excluding diaryl/α,β-unsaturated/α-hetero) is 1. The van der Waals surface area contributed by atoms with Crippen LogP contribution in [0.5, 0.6) is 5.75 Å². The summed E-state index contributed by atoms with van der Waals surface area (Å²) >= 11 is 2.28. The molecule has 0 aromatic heterocycles. The minimum Gasteiger partial charge on any atom is -0.484 e. The van der Waals surface area contributed by atoms with E-state index in [1.54, 1.807) is 0 Å². The topological polar surface area (TPSA) is 26.3 Å². The maximum Gasteiger partial charge on any atom is 0.178 e. The van der Waals surface area contributed by atoms with Crippen molar-refractivity contribution < 1.29 is 9.53 Å². The Hall–Kier alpha value is -2.14. The van der Waals surface area contributed by atoms with Gasteiger partial charge in [-0.05, 0) is 58.0 Å². The number of ether oxygens (including phenoxy) is 1. The molecule has 2 atom stereocenters. The fourth-order valence-corrected chi connectivity index (χ4v) is 3.54. The molecule has 0 radical (unpaired) electrons. The lowest BCUT2D eigenvalue weighted by atomic mass is 9.81. The molecule has 0 saturated carbocycles. The molecule has 3 heteroatoms. The molecule has 0 fully saturated rings. The van der Waals surface area contributed by atoms with Crippen molar-refractivity contribution in [3.05, 3.63) is 99.1 Å². The molecular weight excluding hydrogens is 411 g/mol. The molecule has 3 aromatic carbocycles. The van der Waals surface area contributed by atoms with Crippen molar-refractivity contribution in [1.82, 2.24) is 0 Å². The summed E-state index contributed by atoms with van der Waals surface area (Å²) in [7, 11) is 0. The average molecular weight is 426 g/mol. The fraction of sp³-hybridized carbons (Fsp3) is 0.0952. The maximum absolute atomic E-state index is 13.2. The highest BCUT2D eigenvalue weighted by Gasteiger charge is 2.38. The third-order valence-electron chi connectivity index (χ3n) is 4.35. The first-order valence-electron chi connectivity index (χ1n) is 7.84. The van der Waals surface area contributed by atoms with Crippen molar-refractivity contribution in [3.8, 4) is 5.75 Å². The van der Waals surface area contributed by atoms with Gasteiger partial charge in [-0.2, -0.15) is 0 Å². The molecule has 0 amide bonds. The number of para-hydroxylation sites is 1. The van der Waals surface area contributed by atoms with Crippen molar-refractivity contribution in [1.29, 1.82) is 0 Å². The van der Waals surface area contributed by atoms with E-state index < -0.39 is 0 Å². The summed E-state index contributed by atoms with van der Waals surface area (Å²) in [6, 6.07) is 25.6. The lowest BCUT2D eigenvalue weighted by Crippen LogP contribution is -2.30. The fourth-order valence-electron chi connectivity index (χ4n) is 3.18. The summed E-state index contributed by atoms with van der Waals surface area (Å²) in [6.45, 7) is 0. The van der Waals surface area contributed by atoms with Crippen LogP contribution < -0.4 is 4.74 Å². The number of carbonyl (C=O) groups is 1. The molecule has 24 heavy (non-hydrogen) atoms. The standard InChI is InChI=1S/C21H15IO2/c22-16-12-10-15(11-13-16)21-19(14-6-2-1-3-7-14)20(23)17-8-4-5-9-18(17)24-21/h1-13,19,21H. The Balaban J connectivity index is 1.86. The van der Waals surface area contributed by atoms with Gasteiger partial charge in [0, 0.05) is 3.57 Å². The minimum atomic E-state index is -0.332. The summed E-state index contributed by atoms with van der Waals surface area (Å²) in [5.74, 6) is 0.450. The van der Waals surface area contributed by atoms with Gasteiger partial charge in [0.05, 0.1) is 11.5 Å². The van der Waals surface area contributed by atoms with Crippen LogP contribution in [0.25, 0.3) is 0 Å². The number of hydrogen-bond donors (Lipinski definition) is 0. The van der Waals surface area contributed by atoms with Crippen LogP contribution in [0.3, 0.4) is 0 Å². The van der Waals surface area contributed by atoms with Crippen LogP contribution in [0.15, 0.2) is 78.9 Å². The summed E-state index contributed by atoms with van der Waals surface area (Å²) in [6.07, 6.45) is -0.313. The maximum atomic E-state index is 13.2. The summed E-state index contributed by atoms with van der Waals surface area (Å²) in [4.78, 5) is 13.2. The largest absolute Gasteiger partial charge is 0.484 e. The molecule has 2 nitrogen and oxygen atoms in total. The van der Waals surface area contributed by atoms with Crippen molar-refractivity contribution in [2.45, 2.75) is 12.0 Å². The lowest BCUT2D eigenvalue weighted by molar-refractivity contribution is 0.0782. The lowest BCUT2D eigenvalue weighted by Gasteiger charge is -2.33. The van der Waals surface area contributed by atoms with Gasteiger partial charge < -0.3 is 4.74 Å². The third-order valence-corrected chi connectivity index (χ3v) is 5.07. The van der Waals surface area contributed by atoms with E-state index in [1.807, 2.05) is 78.9 Å². The summed E-state index contributed by atoms with van der Waals surface area (Å²) in [5.41, 5.74) is 2.67. The predicted octanol–water partition coefficient (Wildman–Crippen LogP) is 5.39. The number of hydrogen-bond acceptors (Lipinski definition) is 2. The molecule has 0 bridgehead atoms. The Labute approximate surface area is 154 Å². The van der Waals surface area contributed by atoms with Gasteiger partial charge in [0.2, 0.25) is 0 Å². The normalized spacial score (nSPS) is 19.5. The Morgan fingerprint density at radius 1 is 0.750 bits per heavy atom. The van der Waals surface area contributed by atoms with Crippen molar-refractivity contribution in [2.24, 2.45) is 0 Å². The minimum absolute atomic E-state index is 0.117. The number of benzene rings is 3. The monoisotopic (exact) mass is 426 g/mol. The Morgan fingerprint density at radius 2 is 1.42 bits per heavy atom. The van der Waals surface area contributed by atoms with Gasteiger partial charge >= 0.3 is 0 Å². The van der Waals surface area contributed by atoms with E-state index in [2.05, 4.69) is 22.6 Å². The molecule has 0 spiro atoms. The van der Waals surface area contributed by atoms with Crippen LogP contribution in [0, 0.1) is 3.57 Å². The number of carbonyl (C=O) groups excluding carboxylic acids is 1. The Morgan fingerprint density at radius 3 is 2.17 bits per heavy atom. The zero-order valence-corrected chi connectivity index (χ0v) is 15.0. The van der Waals surface area contributed by atoms with Crippen molar-refractivity contribution in [3.63, 3.8) is 0 Å². The molecule has 1 heterocycles. The van der Waals surface area contributed by atoms with Crippen LogP contribution in [0.2, 0.25) is 0 Å². The van der Waals surface area contributed by atoms with E-state index >= 15 is 0 Å². The highest BCUT2D eigenvalue weighted by molar-refractivity contribution is 14.1.